The average molecular weight is 214 g/mol. The number of carbonyl (C=O) groups is 2. The first-order valence-electron chi connectivity index (χ1n) is 5.55. The SMILES string of the molecule is CCN(CC)C(=O)CNC(=O)CC(C)C. The molecule has 0 unspecified atom stereocenters. The second-order valence-corrected chi connectivity index (χ2v) is 3.94. The third-order valence-electron chi connectivity index (χ3n) is 2.15. The van der Waals surface area contributed by atoms with E-state index in [0.29, 0.717) is 25.4 Å². The predicted octanol–water partition coefficient (Wildman–Crippen LogP) is 1.02. The maximum absolute atomic E-state index is 11.5. The first-order valence-corrected chi connectivity index (χ1v) is 5.55. The second kappa shape index (κ2) is 7.26. The number of hydrogen-bond acceptors (Lipinski definition) is 2. The van der Waals surface area contributed by atoms with Crippen LogP contribution in [0.5, 0.6) is 0 Å². The standard InChI is InChI=1S/C11H22N2O2/c1-5-13(6-2)11(15)8-12-10(14)7-9(3)4/h9H,5-8H2,1-4H3,(H,12,14). The van der Waals surface area contributed by atoms with Crippen LogP contribution in [0.4, 0.5) is 0 Å². The molecule has 0 spiro atoms. The highest BCUT2D eigenvalue weighted by Crippen LogP contribution is 1.97. The van der Waals surface area contributed by atoms with Gasteiger partial charge in [0.1, 0.15) is 0 Å². The van der Waals surface area contributed by atoms with E-state index < -0.39 is 0 Å². The van der Waals surface area contributed by atoms with E-state index >= 15 is 0 Å². The molecule has 88 valence electrons. The maximum Gasteiger partial charge on any atom is 0.241 e. The molecule has 0 aliphatic carbocycles. The third-order valence-corrected chi connectivity index (χ3v) is 2.15. The van der Waals surface area contributed by atoms with E-state index in [1.165, 1.54) is 0 Å². The smallest absolute Gasteiger partial charge is 0.241 e. The summed E-state index contributed by atoms with van der Waals surface area (Å²) in [6.07, 6.45) is 0.478. The van der Waals surface area contributed by atoms with Gasteiger partial charge in [-0.3, -0.25) is 9.59 Å². The lowest BCUT2D eigenvalue weighted by atomic mass is 10.1. The fourth-order valence-corrected chi connectivity index (χ4v) is 1.31. The molecule has 2 amide bonds. The van der Waals surface area contributed by atoms with E-state index in [2.05, 4.69) is 5.32 Å². The van der Waals surface area contributed by atoms with Crippen molar-refractivity contribution in [3.63, 3.8) is 0 Å². The zero-order valence-electron chi connectivity index (χ0n) is 10.2. The molecule has 0 aliphatic heterocycles. The molecule has 0 saturated heterocycles. The van der Waals surface area contributed by atoms with Gasteiger partial charge in [-0.2, -0.15) is 0 Å². The Morgan fingerprint density at radius 3 is 2.13 bits per heavy atom. The molecule has 0 atom stereocenters. The van der Waals surface area contributed by atoms with Crippen LogP contribution in [0.1, 0.15) is 34.1 Å². The summed E-state index contributed by atoms with van der Waals surface area (Å²) in [6, 6.07) is 0. The van der Waals surface area contributed by atoms with Gasteiger partial charge in [0.15, 0.2) is 0 Å². The van der Waals surface area contributed by atoms with Crippen LogP contribution >= 0.6 is 0 Å². The van der Waals surface area contributed by atoms with E-state index in [4.69, 9.17) is 0 Å². The van der Waals surface area contributed by atoms with Crippen molar-refractivity contribution in [3.8, 4) is 0 Å². The van der Waals surface area contributed by atoms with Crippen molar-refractivity contribution in [1.29, 1.82) is 0 Å². The number of rotatable bonds is 6. The first-order chi connectivity index (χ1) is 7.01. The minimum Gasteiger partial charge on any atom is -0.347 e. The number of carbonyl (C=O) groups excluding carboxylic acids is 2. The molecule has 0 aromatic rings. The predicted molar refractivity (Wildman–Crippen MR) is 60.4 cm³/mol. The van der Waals surface area contributed by atoms with Crippen LogP contribution in [0, 0.1) is 5.92 Å². The van der Waals surface area contributed by atoms with Gasteiger partial charge in [0.2, 0.25) is 11.8 Å². The van der Waals surface area contributed by atoms with Crippen molar-refractivity contribution in [2.45, 2.75) is 34.1 Å². The summed E-state index contributed by atoms with van der Waals surface area (Å²) in [5, 5.41) is 2.63. The highest BCUT2D eigenvalue weighted by atomic mass is 16.2. The summed E-state index contributed by atoms with van der Waals surface area (Å²) >= 11 is 0. The molecular weight excluding hydrogens is 192 g/mol. The molecule has 0 saturated carbocycles. The van der Waals surface area contributed by atoms with E-state index in [1.54, 1.807) is 4.90 Å². The van der Waals surface area contributed by atoms with Crippen molar-refractivity contribution in [2.75, 3.05) is 19.6 Å². The molecule has 0 radical (unpaired) electrons. The van der Waals surface area contributed by atoms with Crippen molar-refractivity contribution >= 4 is 11.8 Å². The van der Waals surface area contributed by atoms with Gasteiger partial charge in [-0.05, 0) is 19.8 Å². The summed E-state index contributed by atoms with van der Waals surface area (Å²) in [7, 11) is 0. The Morgan fingerprint density at radius 1 is 1.20 bits per heavy atom. The van der Waals surface area contributed by atoms with Gasteiger partial charge in [0, 0.05) is 19.5 Å². The largest absolute Gasteiger partial charge is 0.347 e. The fraction of sp³-hybridized carbons (Fsp3) is 0.818. The van der Waals surface area contributed by atoms with Crippen LogP contribution in [0.2, 0.25) is 0 Å². The van der Waals surface area contributed by atoms with Crippen LogP contribution in [0.15, 0.2) is 0 Å². The molecule has 0 heterocycles. The van der Waals surface area contributed by atoms with Gasteiger partial charge >= 0.3 is 0 Å². The molecule has 4 nitrogen and oxygen atoms in total. The average Bonchev–Trinajstić information content (AvgIpc) is 2.15. The zero-order chi connectivity index (χ0) is 11.8. The fourth-order valence-electron chi connectivity index (χ4n) is 1.31. The van der Waals surface area contributed by atoms with Gasteiger partial charge in [0.25, 0.3) is 0 Å². The Labute approximate surface area is 92.0 Å². The normalized spacial score (nSPS) is 10.2. The Balaban J connectivity index is 3.84. The quantitative estimate of drug-likeness (QED) is 0.717. The van der Waals surface area contributed by atoms with Crippen molar-refractivity contribution in [1.82, 2.24) is 10.2 Å². The van der Waals surface area contributed by atoms with Gasteiger partial charge < -0.3 is 10.2 Å². The summed E-state index contributed by atoms with van der Waals surface area (Å²) < 4.78 is 0. The van der Waals surface area contributed by atoms with Gasteiger partial charge in [-0.15, -0.1) is 0 Å². The number of amides is 2. The molecule has 0 fully saturated rings. The zero-order valence-corrected chi connectivity index (χ0v) is 10.2. The summed E-state index contributed by atoms with van der Waals surface area (Å²) in [5.41, 5.74) is 0. The number of hydrogen-bond donors (Lipinski definition) is 1. The lowest BCUT2D eigenvalue weighted by Gasteiger charge is -2.18. The molecule has 15 heavy (non-hydrogen) atoms. The maximum atomic E-state index is 11.5. The number of nitrogens with zero attached hydrogens (tertiary/aromatic N) is 1. The molecule has 0 aromatic carbocycles. The highest BCUT2D eigenvalue weighted by Gasteiger charge is 2.11. The molecular formula is C11H22N2O2. The number of nitrogens with one attached hydrogen (secondary N) is 1. The summed E-state index contributed by atoms with van der Waals surface area (Å²) in [5.74, 6) is 0.260. The minimum absolute atomic E-state index is 0.0166. The van der Waals surface area contributed by atoms with E-state index in [9.17, 15) is 9.59 Å². The summed E-state index contributed by atoms with van der Waals surface area (Å²) in [4.78, 5) is 24.5. The van der Waals surface area contributed by atoms with Crippen LogP contribution in [0.3, 0.4) is 0 Å². The Bertz CT molecular complexity index is 211. The van der Waals surface area contributed by atoms with E-state index in [-0.39, 0.29) is 18.4 Å². The second-order valence-electron chi connectivity index (χ2n) is 3.94. The lowest BCUT2D eigenvalue weighted by Crippen LogP contribution is -2.40. The van der Waals surface area contributed by atoms with Crippen LogP contribution in [0.25, 0.3) is 0 Å². The lowest BCUT2D eigenvalue weighted by molar-refractivity contribution is -0.132. The van der Waals surface area contributed by atoms with E-state index in [1.807, 2.05) is 27.7 Å². The topological polar surface area (TPSA) is 49.4 Å². The van der Waals surface area contributed by atoms with Crippen molar-refractivity contribution in [3.05, 3.63) is 0 Å². The minimum atomic E-state index is -0.0505. The number of likely N-dealkylation sites (N-methyl/N-ethyl adjacent to an activating group) is 1. The molecule has 1 N–H and O–H groups in total. The monoisotopic (exact) mass is 214 g/mol. The van der Waals surface area contributed by atoms with Crippen molar-refractivity contribution < 1.29 is 9.59 Å². The van der Waals surface area contributed by atoms with E-state index in [0.717, 1.165) is 0 Å². The Morgan fingerprint density at radius 2 is 1.73 bits per heavy atom. The molecule has 0 aromatic heterocycles. The van der Waals surface area contributed by atoms with Gasteiger partial charge in [0.05, 0.1) is 6.54 Å². The van der Waals surface area contributed by atoms with Gasteiger partial charge in [-0.1, -0.05) is 13.8 Å². The van der Waals surface area contributed by atoms with Crippen molar-refractivity contribution in [2.24, 2.45) is 5.92 Å². The molecule has 4 heteroatoms. The molecule has 0 rings (SSSR count). The van der Waals surface area contributed by atoms with Crippen LogP contribution in [-0.2, 0) is 9.59 Å². The third kappa shape index (κ3) is 6.10. The first kappa shape index (κ1) is 13.9. The summed E-state index contributed by atoms with van der Waals surface area (Å²) in [6.45, 7) is 9.31. The van der Waals surface area contributed by atoms with Gasteiger partial charge in [-0.25, -0.2) is 0 Å². The highest BCUT2D eigenvalue weighted by molar-refractivity contribution is 5.84. The molecule has 0 bridgehead atoms. The van der Waals surface area contributed by atoms with Crippen LogP contribution in [-0.4, -0.2) is 36.3 Å². The van der Waals surface area contributed by atoms with Crippen LogP contribution < -0.4 is 5.32 Å². The Kier molecular flexibility index (Phi) is 6.75. The molecule has 0 aliphatic rings. The Hall–Kier alpha value is -1.06.